The number of halogens is 9. The van der Waals surface area contributed by atoms with Crippen molar-refractivity contribution in [2.24, 2.45) is 5.92 Å². The fourth-order valence-electron chi connectivity index (χ4n) is 2.74. The summed E-state index contributed by atoms with van der Waals surface area (Å²) in [6, 6.07) is 5.32. The molecule has 1 aromatic rings. The van der Waals surface area contributed by atoms with Gasteiger partial charge in [-0.2, -0.15) is 39.5 Å². The van der Waals surface area contributed by atoms with Crippen LogP contribution < -0.4 is 0 Å². The summed E-state index contributed by atoms with van der Waals surface area (Å²) in [5, 5.41) is 9.85. The van der Waals surface area contributed by atoms with Gasteiger partial charge in [-0.05, 0) is 24.0 Å². The molecule has 0 bridgehead atoms. The van der Waals surface area contributed by atoms with Crippen molar-refractivity contribution >= 4 is 0 Å². The second-order valence-corrected chi connectivity index (χ2v) is 5.56. The van der Waals surface area contributed by atoms with Crippen molar-refractivity contribution in [2.45, 2.75) is 42.9 Å². The Balaban J connectivity index is 2.44. The van der Waals surface area contributed by atoms with Gasteiger partial charge in [-0.15, -0.1) is 0 Å². The van der Waals surface area contributed by atoms with Crippen molar-refractivity contribution in [1.82, 2.24) is 0 Å². The van der Waals surface area contributed by atoms with Gasteiger partial charge in [0.15, 0.2) is 0 Å². The number of hydrogen-bond acceptors (Lipinski definition) is 1. The Labute approximate surface area is 130 Å². The second kappa shape index (κ2) is 5.53. The van der Waals surface area contributed by atoms with Crippen LogP contribution in [0, 0.1) is 5.92 Å². The molecule has 1 aliphatic carbocycles. The molecule has 0 radical (unpaired) electrons. The van der Waals surface area contributed by atoms with Crippen LogP contribution in [0.1, 0.15) is 23.7 Å². The molecule has 1 aromatic carbocycles. The molecule has 1 N–H and O–H groups in total. The minimum atomic E-state index is -6.94. The lowest BCUT2D eigenvalue weighted by Gasteiger charge is -2.41. The maximum Gasteiger partial charge on any atom is 0.460 e. The molecule has 0 fully saturated rings. The highest BCUT2D eigenvalue weighted by Crippen LogP contribution is 2.58. The molecule has 0 aromatic heterocycles. The smallest absolute Gasteiger partial charge is 0.388 e. The molecule has 0 aliphatic heterocycles. The van der Waals surface area contributed by atoms with E-state index < -0.39 is 42.4 Å². The molecule has 136 valence electrons. The molecule has 2 rings (SSSR count). The van der Waals surface area contributed by atoms with Gasteiger partial charge in [0.25, 0.3) is 0 Å². The van der Waals surface area contributed by atoms with Gasteiger partial charge < -0.3 is 5.11 Å². The zero-order chi connectivity index (χ0) is 18.6. The fraction of sp³-hybridized carbons (Fsp3) is 0.571. The minimum absolute atomic E-state index is 0.195. The molecule has 24 heavy (non-hydrogen) atoms. The van der Waals surface area contributed by atoms with Crippen LogP contribution in [0.3, 0.4) is 0 Å². The van der Waals surface area contributed by atoms with Gasteiger partial charge in [-0.3, -0.25) is 0 Å². The van der Waals surface area contributed by atoms with E-state index in [-0.39, 0.29) is 12.0 Å². The van der Waals surface area contributed by atoms with E-state index in [0.29, 0.717) is 5.56 Å². The lowest BCUT2D eigenvalue weighted by atomic mass is 9.75. The van der Waals surface area contributed by atoms with E-state index in [1.165, 1.54) is 18.2 Å². The monoisotopic (exact) mass is 366 g/mol. The van der Waals surface area contributed by atoms with Crippen LogP contribution in [0.2, 0.25) is 0 Å². The molecule has 2 atom stereocenters. The van der Waals surface area contributed by atoms with E-state index in [1.807, 2.05) is 0 Å². The molecule has 1 aliphatic rings. The van der Waals surface area contributed by atoms with Crippen LogP contribution in [-0.4, -0.2) is 29.1 Å². The van der Waals surface area contributed by atoms with Gasteiger partial charge in [0.1, 0.15) is 0 Å². The molecule has 0 amide bonds. The number of hydrogen-bond donors (Lipinski definition) is 1. The third-order valence-electron chi connectivity index (χ3n) is 4.11. The van der Waals surface area contributed by atoms with E-state index in [0.717, 1.165) is 6.07 Å². The Kier molecular flexibility index (Phi) is 4.35. The van der Waals surface area contributed by atoms with Gasteiger partial charge in [0, 0.05) is 0 Å². The molecular formula is C14H11F9O. The number of rotatable bonds is 3. The Morgan fingerprint density at radius 2 is 1.38 bits per heavy atom. The van der Waals surface area contributed by atoms with Crippen LogP contribution in [0.15, 0.2) is 24.3 Å². The minimum Gasteiger partial charge on any atom is -0.388 e. The van der Waals surface area contributed by atoms with E-state index in [1.54, 1.807) is 0 Å². The summed E-state index contributed by atoms with van der Waals surface area (Å²) in [5.41, 5.74) is 0.141. The number of aryl methyl sites for hydroxylation is 1. The summed E-state index contributed by atoms with van der Waals surface area (Å²) < 4.78 is 117. The van der Waals surface area contributed by atoms with Crippen molar-refractivity contribution in [3.8, 4) is 0 Å². The average molecular weight is 366 g/mol. The molecule has 10 heteroatoms. The highest BCUT2D eigenvalue weighted by molar-refractivity contribution is 5.32. The number of fused-ring (bicyclic) bond motifs is 1. The zero-order valence-corrected chi connectivity index (χ0v) is 11.7. The molecular weight excluding hydrogens is 355 g/mol. The number of benzene rings is 1. The van der Waals surface area contributed by atoms with Gasteiger partial charge in [-0.25, -0.2) is 0 Å². The Morgan fingerprint density at radius 1 is 0.833 bits per heavy atom. The van der Waals surface area contributed by atoms with Crippen LogP contribution >= 0.6 is 0 Å². The maximum absolute atomic E-state index is 14.0. The fourth-order valence-corrected chi connectivity index (χ4v) is 2.74. The first-order chi connectivity index (χ1) is 10.7. The summed E-state index contributed by atoms with van der Waals surface area (Å²) in [5.74, 6) is -22.2. The Morgan fingerprint density at radius 3 is 1.92 bits per heavy atom. The van der Waals surface area contributed by atoms with E-state index in [2.05, 4.69) is 0 Å². The largest absolute Gasteiger partial charge is 0.460 e. The van der Waals surface area contributed by atoms with Gasteiger partial charge in [-0.1, -0.05) is 24.3 Å². The van der Waals surface area contributed by atoms with Crippen LogP contribution in [-0.2, 0) is 6.42 Å². The van der Waals surface area contributed by atoms with Gasteiger partial charge >= 0.3 is 23.9 Å². The number of alkyl halides is 9. The van der Waals surface area contributed by atoms with E-state index >= 15 is 0 Å². The molecule has 1 nitrogen and oxygen atoms in total. The van der Waals surface area contributed by atoms with Crippen molar-refractivity contribution in [1.29, 1.82) is 0 Å². The molecule has 0 spiro atoms. The number of aliphatic hydroxyl groups excluding tert-OH is 1. The topological polar surface area (TPSA) is 20.2 Å². The average Bonchev–Trinajstić information content (AvgIpc) is 2.46. The van der Waals surface area contributed by atoms with Crippen molar-refractivity contribution < 1.29 is 44.6 Å². The summed E-state index contributed by atoms with van der Waals surface area (Å²) >= 11 is 0. The summed E-state index contributed by atoms with van der Waals surface area (Å²) in [6.45, 7) is 0. The second-order valence-electron chi connectivity index (χ2n) is 5.56. The first kappa shape index (κ1) is 18.9. The normalized spacial score (nSPS) is 23.1. The first-order valence-electron chi connectivity index (χ1n) is 6.71. The first-order valence-corrected chi connectivity index (χ1v) is 6.71. The van der Waals surface area contributed by atoms with Crippen molar-refractivity contribution in [2.75, 3.05) is 0 Å². The predicted molar refractivity (Wildman–Crippen MR) is 64.1 cm³/mol. The van der Waals surface area contributed by atoms with Gasteiger partial charge in [0.05, 0.1) is 12.0 Å². The Hall–Kier alpha value is -1.45. The maximum atomic E-state index is 14.0. The lowest BCUT2D eigenvalue weighted by Crippen LogP contribution is -2.63. The van der Waals surface area contributed by atoms with Crippen LogP contribution in [0.4, 0.5) is 39.5 Å². The quantitative estimate of drug-likeness (QED) is 0.766. The lowest BCUT2D eigenvalue weighted by molar-refractivity contribution is -0.406. The van der Waals surface area contributed by atoms with E-state index in [4.69, 9.17) is 0 Å². The number of aliphatic hydroxyl groups is 1. The highest BCUT2D eigenvalue weighted by Gasteiger charge is 2.83. The molecule has 0 heterocycles. The molecule has 2 unspecified atom stereocenters. The van der Waals surface area contributed by atoms with Crippen LogP contribution in [0.25, 0.3) is 0 Å². The predicted octanol–water partition coefficient (Wildman–Crippen LogP) is 4.75. The SMILES string of the molecule is OC1c2ccccc2CCC1C(F)(F)C(F)(F)C(F)(F)C(F)(F)F. The van der Waals surface area contributed by atoms with Gasteiger partial charge in [0.2, 0.25) is 0 Å². The Bertz CT molecular complexity index is 609. The van der Waals surface area contributed by atoms with Crippen molar-refractivity contribution in [3.63, 3.8) is 0 Å². The van der Waals surface area contributed by atoms with E-state index in [9.17, 15) is 44.6 Å². The third-order valence-corrected chi connectivity index (χ3v) is 4.11. The molecule has 0 saturated carbocycles. The summed E-state index contributed by atoms with van der Waals surface area (Å²) in [7, 11) is 0. The van der Waals surface area contributed by atoms with Crippen LogP contribution in [0.5, 0.6) is 0 Å². The highest BCUT2D eigenvalue weighted by atomic mass is 19.4. The standard InChI is InChI=1S/C14H11F9O/c15-11(16,12(17,18)13(19,20)14(21,22)23)9-6-5-7-3-1-2-4-8(7)10(9)24/h1-4,9-10,24H,5-6H2. The van der Waals surface area contributed by atoms with Crippen molar-refractivity contribution in [3.05, 3.63) is 35.4 Å². The summed E-state index contributed by atoms with van der Waals surface area (Å²) in [6.07, 6.45) is -10.3. The summed E-state index contributed by atoms with van der Waals surface area (Å²) in [4.78, 5) is 0. The molecule has 0 saturated heterocycles. The third kappa shape index (κ3) is 2.55. The zero-order valence-electron chi connectivity index (χ0n) is 11.7.